The molecule has 1 rings (SSSR count). The molecule has 5 heteroatoms. The van der Waals surface area contributed by atoms with Gasteiger partial charge in [-0.1, -0.05) is 17.7 Å². The van der Waals surface area contributed by atoms with Gasteiger partial charge in [-0.15, -0.1) is 0 Å². The molecule has 0 unspecified atom stereocenters. The highest BCUT2D eigenvalue weighted by atomic mass is 35.5. The summed E-state index contributed by atoms with van der Waals surface area (Å²) in [6, 6.07) is 5.51. The summed E-state index contributed by atoms with van der Waals surface area (Å²) in [4.78, 5) is 0. The van der Waals surface area contributed by atoms with Gasteiger partial charge in [0.15, 0.2) is 0 Å². The lowest BCUT2D eigenvalue weighted by molar-refractivity contribution is 0.0281. The maximum atomic E-state index is 9.70. The quantitative estimate of drug-likeness (QED) is 0.720. The lowest BCUT2D eigenvalue weighted by Gasteiger charge is -2.20. The van der Waals surface area contributed by atoms with Crippen molar-refractivity contribution in [1.82, 2.24) is 5.32 Å². The first kappa shape index (κ1) is 16.2. The van der Waals surface area contributed by atoms with Gasteiger partial charge >= 0.3 is 0 Å². The van der Waals surface area contributed by atoms with Crippen LogP contribution < -0.4 is 10.1 Å². The Balaban J connectivity index is 2.66. The number of methoxy groups -OCH3 is 1. The molecule has 2 N–H and O–H groups in total. The third kappa shape index (κ3) is 6.25. The van der Waals surface area contributed by atoms with Gasteiger partial charge in [0.25, 0.3) is 0 Å². The zero-order valence-electron chi connectivity index (χ0n) is 11.7. The molecule has 0 aliphatic rings. The number of halogens is 1. The van der Waals surface area contributed by atoms with E-state index in [4.69, 9.17) is 21.1 Å². The lowest BCUT2D eigenvalue weighted by Crippen LogP contribution is -2.28. The number of nitrogens with one attached hydrogen (secondary N) is 1. The molecule has 108 valence electrons. The van der Waals surface area contributed by atoms with E-state index in [1.165, 1.54) is 0 Å². The number of aliphatic hydroxyl groups is 1. The van der Waals surface area contributed by atoms with Gasteiger partial charge in [-0.05, 0) is 26.0 Å². The predicted molar refractivity (Wildman–Crippen MR) is 76.8 cm³/mol. The van der Waals surface area contributed by atoms with E-state index < -0.39 is 5.60 Å². The van der Waals surface area contributed by atoms with Gasteiger partial charge in [-0.2, -0.15) is 0 Å². The smallest absolute Gasteiger partial charge is 0.125 e. The predicted octanol–water partition coefficient (Wildman–Crippen LogP) is 2.23. The zero-order valence-corrected chi connectivity index (χ0v) is 12.5. The Bertz CT molecular complexity index is 391. The first-order valence-corrected chi connectivity index (χ1v) is 6.64. The van der Waals surface area contributed by atoms with E-state index in [0.717, 1.165) is 12.1 Å². The van der Waals surface area contributed by atoms with Gasteiger partial charge in [-0.3, -0.25) is 0 Å². The molecule has 0 saturated heterocycles. The van der Waals surface area contributed by atoms with Crippen LogP contribution in [0.2, 0.25) is 5.02 Å². The summed E-state index contributed by atoms with van der Waals surface area (Å²) in [7, 11) is 1.66. The molecule has 1 aromatic carbocycles. The van der Waals surface area contributed by atoms with Crippen LogP contribution in [0.25, 0.3) is 0 Å². The SMILES string of the molecule is COCCNCc1c(Cl)cccc1OCC(C)(C)O. The molecule has 0 amide bonds. The minimum Gasteiger partial charge on any atom is -0.490 e. The second-order valence-corrected chi connectivity index (χ2v) is 5.39. The number of ether oxygens (including phenoxy) is 2. The second kappa shape index (κ2) is 7.70. The van der Waals surface area contributed by atoms with Crippen molar-refractivity contribution in [3.63, 3.8) is 0 Å². The van der Waals surface area contributed by atoms with Crippen LogP contribution in [0.3, 0.4) is 0 Å². The number of rotatable bonds is 8. The van der Waals surface area contributed by atoms with Gasteiger partial charge in [0.2, 0.25) is 0 Å². The van der Waals surface area contributed by atoms with Gasteiger partial charge in [0.05, 0.1) is 12.2 Å². The molecular formula is C14H22ClNO3. The van der Waals surface area contributed by atoms with Crippen molar-refractivity contribution in [3.8, 4) is 5.75 Å². The standard InChI is InChI=1S/C14H22ClNO3/c1-14(2,17)10-19-13-6-4-5-12(15)11(13)9-16-7-8-18-3/h4-6,16-17H,7-10H2,1-3H3. The maximum Gasteiger partial charge on any atom is 0.125 e. The molecule has 0 radical (unpaired) electrons. The first-order valence-electron chi connectivity index (χ1n) is 6.26. The summed E-state index contributed by atoms with van der Waals surface area (Å²) in [6.07, 6.45) is 0. The van der Waals surface area contributed by atoms with E-state index in [1.54, 1.807) is 21.0 Å². The fraction of sp³-hybridized carbons (Fsp3) is 0.571. The van der Waals surface area contributed by atoms with Gasteiger partial charge in [0.1, 0.15) is 12.4 Å². The summed E-state index contributed by atoms with van der Waals surface area (Å²) in [6.45, 7) is 5.61. The summed E-state index contributed by atoms with van der Waals surface area (Å²) in [5.41, 5.74) is 0.0211. The Morgan fingerprint density at radius 1 is 1.37 bits per heavy atom. The van der Waals surface area contributed by atoms with Crippen LogP contribution in [0.15, 0.2) is 18.2 Å². The fourth-order valence-electron chi connectivity index (χ4n) is 1.49. The zero-order chi connectivity index (χ0) is 14.3. The van der Waals surface area contributed by atoms with Crippen molar-refractivity contribution in [2.45, 2.75) is 26.0 Å². The lowest BCUT2D eigenvalue weighted by atomic mass is 10.1. The molecule has 19 heavy (non-hydrogen) atoms. The minimum absolute atomic E-state index is 0.221. The van der Waals surface area contributed by atoms with Crippen LogP contribution >= 0.6 is 11.6 Å². The summed E-state index contributed by atoms with van der Waals surface area (Å²) in [5.74, 6) is 0.694. The summed E-state index contributed by atoms with van der Waals surface area (Å²) >= 11 is 6.18. The second-order valence-electron chi connectivity index (χ2n) is 4.99. The molecule has 0 aliphatic carbocycles. The van der Waals surface area contributed by atoms with Crippen LogP contribution in [-0.2, 0) is 11.3 Å². The molecule has 1 aromatic rings. The van der Waals surface area contributed by atoms with E-state index >= 15 is 0 Å². The van der Waals surface area contributed by atoms with Gasteiger partial charge in [-0.25, -0.2) is 0 Å². The number of benzene rings is 1. The van der Waals surface area contributed by atoms with Crippen LogP contribution in [0.5, 0.6) is 5.75 Å². The van der Waals surface area contributed by atoms with Crippen LogP contribution in [-0.4, -0.2) is 37.6 Å². The van der Waals surface area contributed by atoms with E-state index in [1.807, 2.05) is 18.2 Å². The van der Waals surface area contributed by atoms with Crippen molar-refractivity contribution < 1.29 is 14.6 Å². The molecule has 4 nitrogen and oxygen atoms in total. The highest BCUT2D eigenvalue weighted by molar-refractivity contribution is 6.31. The number of hydrogen-bond acceptors (Lipinski definition) is 4. The summed E-state index contributed by atoms with van der Waals surface area (Å²) < 4.78 is 10.6. The third-order valence-corrected chi connectivity index (χ3v) is 2.80. The Kier molecular flexibility index (Phi) is 6.58. The molecule has 0 heterocycles. The first-order chi connectivity index (χ1) is 8.94. The van der Waals surface area contributed by atoms with E-state index in [-0.39, 0.29) is 6.61 Å². The van der Waals surface area contributed by atoms with E-state index in [2.05, 4.69) is 5.32 Å². The van der Waals surface area contributed by atoms with Crippen molar-refractivity contribution in [1.29, 1.82) is 0 Å². The van der Waals surface area contributed by atoms with Gasteiger partial charge < -0.3 is 19.9 Å². The van der Waals surface area contributed by atoms with Crippen LogP contribution in [0.1, 0.15) is 19.4 Å². The van der Waals surface area contributed by atoms with E-state index in [0.29, 0.717) is 23.9 Å². The van der Waals surface area contributed by atoms with Crippen molar-refractivity contribution in [2.75, 3.05) is 26.9 Å². The third-order valence-electron chi connectivity index (χ3n) is 2.44. The Morgan fingerprint density at radius 2 is 2.11 bits per heavy atom. The van der Waals surface area contributed by atoms with Crippen molar-refractivity contribution >= 4 is 11.6 Å². The molecule has 0 fully saturated rings. The molecule has 0 aromatic heterocycles. The number of hydrogen-bond donors (Lipinski definition) is 2. The molecular weight excluding hydrogens is 266 g/mol. The average molecular weight is 288 g/mol. The molecule has 0 saturated carbocycles. The topological polar surface area (TPSA) is 50.7 Å². The average Bonchev–Trinajstić information content (AvgIpc) is 2.33. The molecule has 0 bridgehead atoms. The molecule has 0 atom stereocenters. The van der Waals surface area contributed by atoms with Gasteiger partial charge in [0, 0.05) is 30.8 Å². The highest BCUT2D eigenvalue weighted by Crippen LogP contribution is 2.26. The minimum atomic E-state index is -0.872. The largest absolute Gasteiger partial charge is 0.490 e. The molecule has 0 spiro atoms. The van der Waals surface area contributed by atoms with E-state index in [9.17, 15) is 5.11 Å². The Morgan fingerprint density at radius 3 is 2.74 bits per heavy atom. The van der Waals surface area contributed by atoms with Crippen molar-refractivity contribution in [2.24, 2.45) is 0 Å². The van der Waals surface area contributed by atoms with Crippen molar-refractivity contribution in [3.05, 3.63) is 28.8 Å². The Labute approximate surface area is 119 Å². The summed E-state index contributed by atoms with van der Waals surface area (Å²) in [5, 5.41) is 13.6. The highest BCUT2D eigenvalue weighted by Gasteiger charge is 2.15. The Hall–Kier alpha value is -0.810. The fourth-order valence-corrected chi connectivity index (χ4v) is 1.72. The maximum absolute atomic E-state index is 9.70. The molecule has 0 aliphatic heterocycles. The van der Waals surface area contributed by atoms with Crippen LogP contribution in [0.4, 0.5) is 0 Å². The van der Waals surface area contributed by atoms with Crippen LogP contribution in [0, 0.1) is 0 Å². The normalized spacial score (nSPS) is 11.6. The monoisotopic (exact) mass is 287 g/mol.